The number of hydrogen-bond acceptors (Lipinski definition) is 3. The lowest BCUT2D eigenvalue weighted by Gasteiger charge is -2.31. The third-order valence-electron chi connectivity index (χ3n) is 5.59. The third-order valence-corrected chi connectivity index (χ3v) is 5.84. The molecule has 0 saturated carbocycles. The zero-order chi connectivity index (χ0) is 18.8. The molecule has 4 nitrogen and oxygen atoms in total. The molecule has 0 bridgehead atoms. The molecular formula is C22H23ClN2O2. The minimum Gasteiger partial charge on any atom is -0.393 e. The number of hydrogen-bond donors (Lipinski definition) is 2. The van der Waals surface area contributed by atoms with Crippen LogP contribution in [0.3, 0.4) is 0 Å². The second-order valence-corrected chi connectivity index (χ2v) is 7.79. The van der Waals surface area contributed by atoms with Crippen molar-refractivity contribution in [2.24, 2.45) is 10.9 Å². The molecule has 0 aliphatic carbocycles. The average molecular weight is 383 g/mol. The number of nitrogens with zero attached hydrogens (tertiary/aromatic N) is 1. The van der Waals surface area contributed by atoms with Crippen LogP contribution in [0.4, 0.5) is 0 Å². The fraction of sp³-hybridized carbons (Fsp3) is 0.364. The predicted molar refractivity (Wildman–Crippen MR) is 107 cm³/mol. The molecule has 2 unspecified atom stereocenters. The Kier molecular flexibility index (Phi) is 5.39. The lowest BCUT2D eigenvalue weighted by Crippen LogP contribution is -2.38. The molecule has 2 aliphatic heterocycles. The molecule has 27 heavy (non-hydrogen) atoms. The smallest absolute Gasteiger partial charge is 0.253 e. The van der Waals surface area contributed by atoms with Crippen LogP contribution in [-0.4, -0.2) is 35.9 Å². The van der Waals surface area contributed by atoms with Gasteiger partial charge in [0.15, 0.2) is 0 Å². The first-order chi connectivity index (χ1) is 13.1. The summed E-state index contributed by atoms with van der Waals surface area (Å²) in [5, 5.41) is 14.7. The molecule has 0 radical (unpaired) electrons. The lowest BCUT2D eigenvalue weighted by molar-refractivity contribution is -0.120. The molecule has 1 fully saturated rings. The summed E-state index contributed by atoms with van der Waals surface area (Å²) in [6.45, 7) is 1.81. The summed E-state index contributed by atoms with van der Waals surface area (Å²) in [5.41, 5.74) is 3.46. The van der Waals surface area contributed by atoms with Crippen LogP contribution in [0.1, 0.15) is 41.9 Å². The topological polar surface area (TPSA) is 61.7 Å². The summed E-state index contributed by atoms with van der Waals surface area (Å²) < 4.78 is 0. The van der Waals surface area contributed by atoms with Gasteiger partial charge in [-0.15, -0.1) is 0 Å². The summed E-state index contributed by atoms with van der Waals surface area (Å²) in [6, 6.07) is 15.3. The van der Waals surface area contributed by atoms with Crippen molar-refractivity contribution in [3.05, 3.63) is 70.2 Å². The van der Waals surface area contributed by atoms with Gasteiger partial charge in [0.1, 0.15) is 0 Å². The fourth-order valence-electron chi connectivity index (χ4n) is 4.09. The molecule has 3 atom stereocenters. The van der Waals surface area contributed by atoms with E-state index >= 15 is 0 Å². The maximum Gasteiger partial charge on any atom is 0.253 e. The van der Waals surface area contributed by atoms with Crippen molar-refractivity contribution in [1.29, 1.82) is 0 Å². The van der Waals surface area contributed by atoms with Gasteiger partial charge in [0.05, 0.1) is 17.7 Å². The molecule has 1 amide bonds. The van der Waals surface area contributed by atoms with Crippen LogP contribution in [0, 0.1) is 5.92 Å². The molecule has 140 valence electrons. The number of rotatable bonds is 4. The van der Waals surface area contributed by atoms with E-state index in [2.05, 4.69) is 10.3 Å². The van der Waals surface area contributed by atoms with Gasteiger partial charge < -0.3 is 10.4 Å². The van der Waals surface area contributed by atoms with E-state index in [1.807, 2.05) is 36.4 Å². The van der Waals surface area contributed by atoms with Gasteiger partial charge in [0, 0.05) is 22.7 Å². The first-order valence-electron chi connectivity index (χ1n) is 9.50. The fourth-order valence-corrected chi connectivity index (χ4v) is 4.22. The first-order valence-corrected chi connectivity index (χ1v) is 9.88. The minimum atomic E-state index is -0.507. The Morgan fingerprint density at radius 3 is 2.70 bits per heavy atom. The highest BCUT2D eigenvalue weighted by Gasteiger charge is 2.34. The average Bonchev–Trinajstić information content (AvgIpc) is 2.71. The summed E-state index contributed by atoms with van der Waals surface area (Å²) in [6.07, 6.45) is 1.97. The summed E-state index contributed by atoms with van der Waals surface area (Å²) in [4.78, 5) is 17.3. The Morgan fingerprint density at radius 1 is 1.19 bits per heavy atom. The largest absolute Gasteiger partial charge is 0.393 e. The van der Waals surface area contributed by atoms with Crippen LogP contribution >= 0.6 is 11.6 Å². The van der Waals surface area contributed by atoms with Gasteiger partial charge in [-0.25, -0.2) is 4.99 Å². The Hall–Kier alpha value is -2.01. The number of fused-ring (bicyclic) bond motifs is 1. The summed E-state index contributed by atoms with van der Waals surface area (Å²) in [7, 11) is 0. The monoisotopic (exact) mass is 382 g/mol. The zero-order valence-electron chi connectivity index (χ0n) is 15.1. The molecule has 2 aliphatic rings. The van der Waals surface area contributed by atoms with Crippen molar-refractivity contribution < 1.29 is 9.90 Å². The summed E-state index contributed by atoms with van der Waals surface area (Å²) >= 11 is 5.99. The number of carbonyl (C=O) groups is 1. The molecule has 2 aromatic carbocycles. The van der Waals surface area contributed by atoms with Gasteiger partial charge in [-0.2, -0.15) is 0 Å². The van der Waals surface area contributed by atoms with Gasteiger partial charge in [-0.05, 0) is 49.4 Å². The van der Waals surface area contributed by atoms with Crippen LogP contribution in [0.5, 0.6) is 0 Å². The van der Waals surface area contributed by atoms with E-state index in [-0.39, 0.29) is 11.8 Å². The van der Waals surface area contributed by atoms with Crippen LogP contribution in [0.2, 0.25) is 5.02 Å². The normalized spacial score (nSPS) is 23.5. The van der Waals surface area contributed by atoms with Gasteiger partial charge in [0.25, 0.3) is 5.91 Å². The quantitative estimate of drug-likeness (QED) is 0.850. The number of aliphatic hydroxyl groups excluding tert-OH is 1. The Bertz CT molecular complexity index is 857. The third kappa shape index (κ3) is 3.84. The Labute approximate surface area is 164 Å². The molecular weight excluding hydrogens is 360 g/mol. The van der Waals surface area contributed by atoms with Gasteiger partial charge in [-0.3, -0.25) is 4.79 Å². The van der Waals surface area contributed by atoms with Crippen molar-refractivity contribution in [2.75, 3.05) is 13.1 Å². The van der Waals surface area contributed by atoms with Gasteiger partial charge >= 0.3 is 0 Å². The molecule has 5 heteroatoms. The maximum absolute atomic E-state index is 12.9. The van der Waals surface area contributed by atoms with E-state index in [0.717, 1.165) is 42.6 Å². The molecule has 2 heterocycles. The van der Waals surface area contributed by atoms with Crippen LogP contribution in [0.25, 0.3) is 0 Å². The van der Waals surface area contributed by atoms with E-state index < -0.39 is 12.0 Å². The van der Waals surface area contributed by atoms with E-state index in [9.17, 15) is 9.90 Å². The second-order valence-electron chi connectivity index (χ2n) is 7.35. The van der Waals surface area contributed by atoms with E-state index in [1.165, 1.54) is 0 Å². The number of amides is 1. The van der Waals surface area contributed by atoms with Crippen LogP contribution in [-0.2, 0) is 4.79 Å². The first kappa shape index (κ1) is 18.4. The predicted octanol–water partition coefficient (Wildman–Crippen LogP) is 3.55. The minimum absolute atomic E-state index is 0.179. The molecule has 2 aromatic rings. The number of piperidine rings is 1. The van der Waals surface area contributed by atoms with Crippen molar-refractivity contribution in [3.63, 3.8) is 0 Å². The van der Waals surface area contributed by atoms with Crippen molar-refractivity contribution >= 4 is 23.2 Å². The Balaban J connectivity index is 1.64. The van der Waals surface area contributed by atoms with Crippen LogP contribution in [0.15, 0.2) is 53.5 Å². The molecule has 4 rings (SSSR count). The van der Waals surface area contributed by atoms with E-state index in [4.69, 9.17) is 11.6 Å². The standard InChI is InChI=1S/C22H23ClN2O2/c23-16-9-7-14(8-10-16)21-18-6-2-1-5-17(18)19(22(27)25-21)12-20(26)15-4-3-11-24-13-15/h1-2,5-10,15,19-20,24,26H,3-4,11-13H2/t15?,19?,20-/m0/s1. The SMILES string of the molecule is O=C1N=C(c2ccc(Cl)cc2)c2ccccc2C1C[C@H](O)C1CCCNC1. The van der Waals surface area contributed by atoms with Crippen LogP contribution < -0.4 is 5.32 Å². The van der Waals surface area contributed by atoms with Crippen molar-refractivity contribution in [1.82, 2.24) is 5.32 Å². The number of aliphatic imine (C=N–C) groups is 1. The molecule has 2 N–H and O–H groups in total. The molecule has 0 spiro atoms. The number of halogens is 1. The van der Waals surface area contributed by atoms with Crippen molar-refractivity contribution in [2.45, 2.75) is 31.3 Å². The number of nitrogens with one attached hydrogen (secondary N) is 1. The number of benzene rings is 2. The highest BCUT2D eigenvalue weighted by Crippen LogP contribution is 2.34. The maximum atomic E-state index is 12.9. The number of aliphatic hydroxyl groups is 1. The van der Waals surface area contributed by atoms with Crippen molar-refractivity contribution in [3.8, 4) is 0 Å². The Morgan fingerprint density at radius 2 is 1.96 bits per heavy atom. The lowest BCUT2D eigenvalue weighted by atomic mass is 9.80. The van der Waals surface area contributed by atoms with E-state index in [1.54, 1.807) is 12.1 Å². The van der Waals surface area contributed by atoms with E-state index in [0.29, 0.717) is 17.2 Å². The van der Waals surface area contributed by atoms with Gasteiger partial charge in [-0.1, -0.05) is 48.0 Å². The number of carbonyl (C=O) groups excluding carboxylic acids is 1. The molecule has 0 aromatic heterocycles. The highest BCUT2D eigenvalue weighted by molar-refractivity contribution is 6.30. The zero-order valence-corrected chi connectivity index (χ0v) is 15.8. The van der Waals surface area contributed by atoms with Gasteiger partial charge in [0.2, 0.25) is 0 Å². The summed E-state index contributed by atoms with van der Waals surface area (Å²) in [5.74, 6) is -0.379. The second kappa shape index (κ2) is 7.93. The highest BCUT2D eigenvalue weighted by atomic mass is 35.5. The molecule has 1 saturated heterocycles.